The van der Waals surface area contributed by atoms with Crippen LogP contribution in [-0.4, -0.2) is 36.7 Å². The van der Waals surface area contributed by atoms with Crippen molar-refractivity contribution in [2.24, 2.45) is 4.99 Å². The number of para-hydroxylation sites is 1. The standard InChI is InChI=1S/C22H30N4O3S/c1-5-28-21(27)19-14(2)25-20(30-19)15(3)26-22(23-4)24-13-16-9-6-7-12-18(16)29-17-10-8-11-17/h6-7,9,12,15,17H,5,8,10-11,13H2,1-4H3,(H2,23,24,26). The SMILES string of the molecule is CCOC(=O)c1sc(C(C)NC(=NC)NCc2ccccc2OC2CCC2)nc1C. The summed E-state index contributed by atoms with van der Waals surface area (Å²) in [6.07, 6.45) is 3.84. The van der Waals surface area contributed by atoms with Gasteiger partial charge in [-0.1, -0.05) is 18.2 Å². The average molecular weight is 431 g/mol. The highest BCUT2D eigenvalue weighted by Crippen LogP contribution is 2.28. The van der Waals surface area contributed by atoms with Gasteiger partial charge in [0, 0.05) is 19.2 Å². The van der Waals surface area contributed by atoms with Crippen molar-refractivity contribution in [3.63, 3.8) is 0 Å². The van der Waals surface area contributed by atoms with Crippen molar-refractivity contribution in [3.05, 3.63) is 45.4 Å². The smallest absolute Gasteiger partial charge is 0.350 e. The molecule has 1 aromatic carbocycles. The van der Waals surface area contributed by atoms with E-state index in [9.17, 15) is 4.79 Å². The molecule has 1 fully saturated rings. The summed E-state index contributed by atoms with van der Waals surface area (Å²) in [4.78, 5) is 21.5. The van der Waals surface area contributed by atoms with E-state index >= 15 is 0 Å². The fourth-order valence-electron chi connectivity index (χ4n) is 3.06. The largest absolute Gasteiger partial charge is 0.490 e. The number of aliphatic imine (C=N–C) groups is 1. The molecule has 2 aromatic rings. The van der Waals surface area contributed by atoms with Crippen molar-refractivity contribution < 1.29 is 14.3 Å². The molecule has 0 amide bonds. The van der Waals surface area contributed by atoms with Gasteiger partial charge < -0.3 is 20.1 Å². The molecule has 162 valence electrons. The van der Waals surface area contributed by atoms with E-state index in [1.807, 2.05) is 32.0 Å². The number of esters is 1. The number of thiazole rings is 1. The van der Waals surface area contributed by atoms with Crippen LogP contribution in [0.3, 0.4) is 0 Å². The molecule has 2 N–H and O–H groups in total. The van der Waals surface area contributed by atoms with Gasteiger partial charge in [-0.3, -0.25) is 4.99 Å². The molecule has 0 radical (unpaired) electrons. The monoisotopic (exact) mass is 430 g/mol. The van der Waals surface area contributed by atoms with Gasteiger partial charge in [0.15, 0.2) is 5.96 Å². The number of aromatic nitrogens is 1. The summed E-state index contributed by atoms with van der Waals surface area (Å²) < 4.78 is 11.2. The molecule has 1 saturated carbocycles. The molecule has 1 unspecified atom stereocenters. The molecule has 0 bridgehead atoms. The molecule has 3 rings (SSSR count). The van der Waals surface area contributed by atoms with Gasteiger partial charge in [-0.2, -0.15) is 0 Å². The van der Waals surface area contributed by atoms with E-state index in [1.54, 1.807) is 14.0 Å². The van der Waals surface area contributed by atoms with Gasteiger partial charge in [0.05, 0.1) is 24.4 Å². The number of hydrogen-bond donors (Lipinski definition) is 2. The molecule has 0 aliphatic heterocycles. The van der Waals surface area contributed by atoms with Crippen molar-refractivity contribution in [1.29, 1.82) is 0 Å². The second kappa shape index (κ2) is 10.4. The van der Waals surface area contributed by atoms with Crippen LogP contribution in [0, 0.1) is 6.92 Å². The van der Waals surface area contributed by atoms with E-state index in [4.69, 9.17) is 9.47 Å². The van der Waals surface area contributed by atoms with Crippen LogP contribution in [0.2, 0.25) is 0 Å². The fraction of sp³-hybridized carbons (Fsp3) is 0.500. The zero-order valence-corrected chi connectivity index (χ0v) is 18.8. The number of nitrogens with zero attached hydrogens (tertiary/aromatic N) is 2. The van der Waals surface area contributed by atoms with Crippen LogP contribution in [0.15, 0.2) is 29.3 Å². The maximum atomic E-state index is 12.1. The van der Waals surface area contributed by atoms with Gasteiger partial charge in [0.25, 0.3) is 0 Å². The third-order valence-electron chi connectivity index (χ3n) is 4.99. The van der Waals surface area contributed by atoms with Gasteiger partial charge >= 0.3 is 5.97 Å². The Morgan fingerprint density at radius 3 is 2.80 bits per heavy atom. The number of aryl methyl sites for hydroxylation is 1. The van der Waals surface area contributed by atoms with Crippen LogP contribution >= 0.6 is 11.3 Å². The van der Waals surface area contributed by atoms with E-state index in [0.717, 1.165) is 29.2 Å². The molecule has 1 aliphatic rings. The van der Waals surface area contributed by atoms with Crippen molar-refractivity contribution in [3.8, 4) is 5.75 Å². The number of carbonyl (C=O) groups is 1. The minimum atomic E-state index is -0.323. The highest BCUT2D eigenvalue weighted by Gasteiger charge is 2.21. The number of guanidine groups is 1. The van der Waals surface area contributed by atoms with Gasteiger partial charge in [-0.05, 0) is 46.1 Å². The molecular weight excluding hydrogens is 400 g/mol. The Hall–Kier alpha value is -2.61. The summed E-state index contributed by atoms with van der Waals surface area (Å²) >= 11 is 1.35. The van der Waals surface area contributed by atoms with Crippen molar-refractivity contribution >= 4 is 23.3 Å². The van der Waals surface area contributed by atoms with Crippen LogP contribution < -0.4 is 15.4 Å². The highest BCUT2D eigenvalue weighted by molar-refractivity contribution is 7.13. The first-order valence-electron chi connectivity index (χ1n) is 10.4. The summed E-state index contributed by atoms with van der Waals surface area (Å²) in [7, 11) is 1.73. The average Bonchev–Trinajstić information content (AvgIpc) is 3.10. The Labute approximate surface area is 181 Å². The summed E-state index contributed by atoms with van der Waals surface area (Å²) in [5, 5.41) is 7.50. The normalized spacial score (nSPS) is 15.3. The van der Waals surface area contributed by atoms with Crippen LogP contribution in [-0.2, 0) is 11.3 Å². The van der Waals surface area contributed by atoms with Gasteiger partial charge in [0.1, 0.15) is 15.6 Å². The Bertz CT molecular complexity index is 892. The molecule has 8 heteroatoms. The molecule has 0 spiro atoms. The first-order valence-corrected chi connectivity index (χ1v) is 11.2. The van der Waals surface area contributed by atoms with E-state index in [0.29, 0.717) is 35.8 Å². The molecule has 0 saturated heterocycles. The van der Waals surface area contributed by atoms with Crippen molar-refractivity contribution in [1.82, 2.24) is 15.6 Å². The van der Waals surface area contributed by atoms with Gasteiger partial charge in [-0.25, -0.2) is 9.78 Å². The minimum Gasteiger partial charge on any atom is -0.490 e. The number of nitrogens with one attached hydrogen (secondary N) is 2. The molecule has 1 aliphatic carbocycles. The summed E-state index contributed by atoms with van der Waals surface area (Å²) in [6, 6.07) is 7.98. The molecule has 1 atom stereocenters. The van der Waals surface area contributed by atoms with Crippen molar-refractivity contribution in [2.75, 3.05) is 13.7 Å². The molecule has 30 heavy (non-hydrogen) atoms. The lowest BCUT2D eigenvalue weighted by Crippen LogP contribution is -2.38. The summed E-state index contributed by atoms with van der Waals surface area (Å²) in [5.74, 6) is 1.26. The Morgan fingerprint density at radius 2 is 2.13 bits per heavy atom. The lowest BCUT2D eigenvalue weighted by atomic mass is 9.96. The summed E-state index contributed by atoms with van der Waals surface area (Å²) in [6.45, 7) is 6.56. The minimum absolute atomic E-state index is 0.107. The molecule has 1 aromatic heterocycles. The third kappa shape index (κ3) is 5.50. The van der Waals surface area contributed by atoms with Crippen LogP contribution in [0.25, 0.3) is 0 Å². The third-order valence-corrected chi connectivity index (χ3v) is 6.31. The van der Waals surface area contributed by atoms with Crippen LogP contribution in [0.5, 0.6) is 5.75 Å². The van der Waals surface area contributed by atoms with Gasteiger partial charge in [-0.15, -0.1) is 11.3 Å². The predicted molar refractivity (Wildman–Crippen MR) is 119 cm³/mol. The zero-order chi connectivity index (χ0) is 21.5. The van der Waals surface area contributed by atoms with E-state index < -0.39 is 0 Å². The zero-order valence-electron chi connectivity index (χ0n) is 18.0. The lowest BCUT2D eigenvalue weighted by molar-refractivity contribution is 0.0531. The van der Waals surface area contributed by atoms with E-state index in [1.165, 1.54) is 17.8 Å². The van der Waals surface area contributed by atoms with Crippen molar-refractivity contribution in [2.45, 2.75) is 58.7 Å². The molecule has 1 heterocycles. The maximum Gasteiger partial charge on any atom is 0.350 e. The van der Waals surface area contributed by atoms with Crippen LogP contribution in [0.1, 0.15) is 65.1 Å². The Balaban J connectivity index is 1.60. The first kappa shape index (κ1) is 22.1. The Kier molecular flexibility index (Phi) is 7.68. The second-order valence-corrected chi connectivity index (χ2v) is 8.29. The topological polar surface area (TPSA) is 84.8 Å². The molecular formula is C22H30N4O3S. The van der Waals surface area contributed by atoms with E-state index in [-0.39, 0.29) is 12.0 Å². The first-order chi connectivity index (χ1) is 14.5. The van der Waals surface area contributed by atoms with Gasteiger partial charge in [0.2, 0.25) is 0 Å². The quantitative estimate of drug-likeness (QED) is 0.374. The second-order valence-electron chi connectivity index (χ2n) is 7.26. The van der Waals surface area contributed by atoms with Crippen LogP contribution in [0.4, 0.5) is 0 Å². The molecule has 7 nitrogen and oxygen atoms in total. The predicted octanol–water partition coefficient (Wildman–Crippen LogP) is 3.99. The van der Waals surface area contributed by atoms with E-state index in [2.05, 4.69) is 26.7 Å². The summed E-state index contributed by atoms with van der Waals surface area (Å²) in [5.41, 5.74) is 1.78. The number of hydrogen-bond acceptors (Lipinski definition) is 6. The number of rotatable bonds is 8. The number of benzene rings is 1. The number of ether oxygens (including phenoxy) is 2. The number of carbonyl (C=O) groups excluding carboxylic acids is 1. The fourth-order valence-corrected chi connectivity index (χ4v) is 4.03. The lowest BCUT2D eigenvalue weighted by Gasteiger charge is -2.27. The highest BCUT2D eigenvalue weighted by atomic mass is 32.1. The maximum absolute atomic E-state index is 12.1. The Morgan fingerprint density at radius 1 is 1.37 bits per heavy atom.